The van der Waals surface area contributed by atoms with E-state index in [1.54, 1.807) is 0 Å². The van der Waals surface area contributed by atoms with E-state index < -0.39 is 0 Å². The van der Waals surface area contributed by atoms with Crippen LogP contribution >= 0.6 is 12.4 Å². The Kier molecular flexibility index (Phi) is 6.01. The fourth-order valence-corrected chi connectivity index (χ4v) is 4.35. The second-order valence-corrected chi connectivity index (χ2v) is 8.23. The standard InChI is InChI=1S/C21H30N2O.ClH/c1-15-9-10-20(3,11-16(15)2)19(24)23-18-12-21(13-18,14-22)17-7-5-4-6-8-17;/h4-8,18H,9-14,22H2,1-3H3,(H,23,24);1H. The van der Waals surface area contributed by atoms with Crippen molar-refractivity contribution in [2.45, 2.75) is 64.3 Å². The molecule has 3 N–H and O–H groups in total. The number of hydrogen-bond acceptors (Lipinski definition) is 2. The summed E-state index contributed by atoms with van der Waals surface area (Å²) < 4.78 is 0. The van der Waals surface area contributed by atoms with E-state index >= 15 is 0 Å². The van der Waals surface area contributed by atoms with Crippen LogP contribution in [-0.4, -0.2) is 18.5 Å². The molecule has 0 heterocycles. The van der Waals surface area contributed by atoms with E-state index in [2.05, 4.69) is 50.4 Å². The quantitative estimate of drug-likeness (QED) is 0.792. The molecule has 3 rings (SSSR count). The average Bonchev–Trinajstić information content (AvgIpc) is 2.55. The van der Waals surface area contributed by atoms with Crippen molar-refractivity contribution in [2.75, 3.05) is 6.54 Å². The largest absolute Gasteiger partial charge is 0.353 e. The molecule has 1 atom stereocenters. The summed E-state index contributed by atoms with van der Waals surface area (Å²) in [4.78, 5) is 12.8. The van der Waals surface area contributed by atoms with E-state index in [4.69, 9.17) is 5.73 Å². The monoisotopic (exact) mass is 362 g/mol. The van der Waals surface area contributed by atoms with E-state index in [0.29, 0.717) is 6.54 Å². The summed E-state index contributed by atoms with van der Waals surface area (Å²) >= 11 is 0. The van der Waals surface area contributed by atoms with Gasteiger partial charge in [0.15, 0.2) is 0 Å². The number of carbonyl (C=O) groups is 1. The summed E-state index contributed by atoms with van der Waals surface area (Å²) in [6.07, 6.45) is 4.77. The van der Waals surface area contributed by atoms with E-state index in [1.165, 1.54) is 16.7 Å². The molecule has 1 saturated carbocycles. The third-order valence-corrected chi connectivity index (χ3v) is 6.37. The highest BCUT2D eigenvalue weighted by Gasteiger charge is 2.46. The van der Waals surface area contributed by atoms with Crippen molar-refractivity contribution in [1.29, 1.82) is 0 Å². The molecule has 138 valence electrons. The molecule has 1 aromatic carbocycles. The van der Waals surface area contributed by atoms with Gasteiger partial charge in [0, 0.05) is 18.0 Å². The lowest BCUT2D eigenvalue weighted by Crippen LogP contribution is -2.58. The molecular weight excluding hydrogens is 332 g/mol. The Morgan fingerprint density at radius 1 is 1.20 bits per heavy atom. The molecule has 25 heavy (non-hydrogen) atoms. The number of rotatable bonds is 4. The number of nitrogens with one attached hydrogen (secondary N) is 1. The number of allylic oxidation sites excluding steroid dienone is 2. The zero-order chi connectivity index (χ0) is 17.4. The third-order valence-electron chi connectivity index (χ3n) is 6.37. The van der Waals surface area contributed by atoms with Crippen LogP contribution in [0.25, 0.3) is 0 Å². The van der Waals surface area contributed by atoms with Crippen LogP contribution in [0.15, 0.2) is 41.5 Å². The first-order chi connectivity index (χ1) is 11.4. The lowest BCUT2D eigenvalue weighted by molar-refractivity contribution is -0.132. The van der Waals surface area contributed by atoms with Crippen LogP contribution in [0.3, 0.4) is 0 Å². The van der Waals surface area contributed by atoms with Gasteiger partial charge in [0.05, 0.1) is 5.41 Å². The van der Waals surface area contributed by atoms with Gasteiger partial charge >= 0.3 is 0 Å². The lowest BCUT2D eigenvalue weighted by Gasteiger charge is -2.49. The van der Waals surface area contributed by atoms with E-state index in [1.807, 2.05) is 6.07 Å². The molecule has 0 radical (unpaired) electrons. The summed E-state index contributed by atoms with van der Waals surface area (Å²) in [6.45, 7) is 7.11. The molecule has 0 bridgehead atoms. The molecule has 0 spiro atoms. The van der Waals surface area contributed by atoms with Crippen LogP contribution in [0.1, 0.15) is 58.4 Å². The van der Waals surface area contributed by atoms with Crippen molar-refractivity contribution < 1.29 is 4.79 Å². The molecule has 2 aliphatic carbocycles. The summed E-state index contributed by atoms with van der Waals surface area (Å²) in [6, 6.07) is 10.7. The van der Waals surface area contributed by atoms with Gasteiger partial charge in [0.25, 0.3) is 0 Å². The maximum atomic E-state index is 12.8. The van der Waals surface area contributed by atoms with Gasteiger partial charge in [-0.1, -0.05) is 48.4 Å². The molecule has 0 aromatic heterocycles. The first-order valence-corrected chi connectivity index (χ1v) is 9.10. The number of carbonyl (C=O) groups excluding carboxylic acids is 1. The third kappa shape index (κ3) is 3.78. The lowest BCUT2D eigenvalue weighted by atomic mass is 9.61. The van der Waals surface area contributed by atoms with Crippen molar-refractivity contribution >= 4 is 18.3 Å². The minimum Gasteiger partial charge on any atom is -0.353 e. The van der Waals surface area contributed by atoms with Crippen molar-refractivity contribution in [3.05, 3.63) is 47.0 Å². The number of amides is 1. The summed E-state index contributed by atoms with van der Waals surface area (Å²) in [5, 5.41) is 3.30. The fourth-order valence-electron chi connectivity index (χ4n) is 4.35. The molecule has 4 heteroatoms. The average molecular weight is 363 g/mol. The highest BCUT2D eigenvalue weighted by atomic mass is 35.5. The normalized spacial score (nSPS) is 31.8. The zero-order valence-electron chi connectivity index (χ0n) is 15.6. The number of halogens is 1. The molecule has 1 amide bonds. The molecule has 3 nitrogen and oxygen atoms in total. The highest BCUT2D eigenvalue weighted by molar-refractivity contribution is 5.85. The van der Waals surface area contributed by atoms with Gasteiger partial charge in [0.1, 0.15) is 0 Å². The predicted octanol–water partition coefficient (Wildman–Crippen LogP) is 4.11. The van der Waals surface area contributed by atoms with Crippen LogP contribution in [0.5, 0.6) is 0 Å². The van der Waals surface area contributed by atoms with Crippen LogP contribution < -0.4 is 11.1 Å². The first kappa shape index (κ1) is 20.0. The SMILES string of the molecule is CC1=C(C)CC(C)(C(=O)NC2CC(CN)(c3ccccc3)C2)CC1.Cl. The first-order valence-electron chi connectivity index (χ1n) is 9.10. The molecule has 2 aliphatic rings. The van der Waals surface area contributed by atoms with Crippen molar-refractivity contribution in [1.82, 2.24) is 5.32 Å². The second-order valence-electron chi connectivity index (χ2n) is 8.23. The van der Waals surface area contributed by atoms with Crippen molar-refractivity contribution in [2.24, 2.45) is 11.1 Å². The Morgan fingerprint density at radius 2 is 1.84 bits per heavy atom. The summed E-state index contributed by atoms with van der Waals surface area (Å²) in [7, 11) is 0. The Balaban J connectivity index is 0.00000225. The molecule has 1 aromatic rings. The Morgan fingerprint density at radius 3 is 2.40 bits per heavy atom. The van der Waals surface area contributed by atoms with Gasteiger partial charge < -0.3 is 11.1 Å². The van der Waals surface area contributed by atoms with Gasteiger partial charge in [-0.2, -0.15) is 0 Å². The highest BCUT2D eigenvalue weighted by Crippen LogP contribution is 2.44. The number of nitrogens with two attached hydrogens (primary N) is 1. The van der Waals surface area contributed by atoms with Crippen LogP contribution in [0.2, 0.25) is 0 Å². The smallest absolute Gasteiger partial charge is 0.226 e. The molecule has 0 saturated heterocycles. The maximum absolute atomic E-state index is 12.8. The van der Waals surface area contributed by atoms with Crippen molar-refractivity contribution in [3.63, 3.8) is 0 Å². The van der Waals surface area contributed by atoms with Gasteiger partial charge in [-0.3, -0.25) is 4.79 Å². The second kappa shape index (κ2) is 7.51. The minimum atomic E-state index is -0.253. The van der Waals surface area contributed by atoms with E-state index in [-0.39, 0.29) is 35.2 Å². The molecule has 1 unspecified atom stereocenters. The van der Waals surface area contributed by atoms with E-state index in [9.17, 15) is 4.79 Å². The van der Waals surface area contributed by atoms with Gasteiger partial charge in [-0.05, 0) is 51.5 Å². The Bertz CT molecular complexity index is 649. The predicted molar refractivity (Wildman–Crippen MR) is 106 cm³/mol. The van der Waals surface area contributed by atoms with E-state index in [0.717, 1.165) is 32.1 Å². The Labute approximate surface area is 157 Å². The number of hydrogen-bond donors (Lipinski definition) is 2. The zero-order valence-corrected chi connectivity index (χ0v) is 16.4. The molecular formula is C21H31ClN2O. The molecule has 0 aliphatic heterocycles. The van der Waals surface area contributed by atoms with Gasteiger partial charge in [-0.15, -0.1) is 12.4 Å². The fraction of sp³-hybridized carbons (Fsp3) is 0.571. The van der Waals surface area contributed by atoms with Crippen LogP contribution in [0, 0.1) is 5.41 Å². The topological polar surface area (TPSA) is 55.1 Å². The summed E-state index contributed by atoms with van der Waals surface area (Å²) in [5.41, 5.74) is 10.0. The molecule has 1 fully saturated rings. The number of benzene rings is 1. The Hall–Kier alpha value is -1.32. The van der Waals surface area contributed by atoms with Crippen LogP contribution in [0.4, 0.5) is 0 Å². The summed E-state index contributed by atoms with van der Waals surface area (Å²) in [5.74, 6) is 0.220. The van der Waals surface area contributed by atoms with Gasteiger partial charge in [-0.25, -0.2) is 0 Å². The van der Waals surface area contributed by atoms with Gasteiger partial charge in [0.2, 0.25) is 5.91 Å². The van der Waals surface area contributed by atoms with Crippen molar-refractivity contribution in [3.8, 4) is 0 Å². The maximum Gasteiger partial charge on any atom is 0.226 e. The minimum absolute atomic E-state index is 0. The van der Waals surface area contributed by atoms with Crippen LogP contribution in [-0.2, 0) is 10.2 Å².